The topological polar surface area (TPSA) is 70.1 Å². The highest BCUT2D eigenvalue weighted by Gasteiger charge is 2.17. The van der Waals surface area contributed by atoms with Crippen molar-refractivity contribution in [3.63, 3.8) is 0 Å². The Kier molecular flexibility index (Phi) is 4.69. The van der Waals surface area contributed by atoms with Gasteiger partial charge in [0.05, 0.1) is 0 Å². The van der Waals surface area contributed by atoms with E-state index in [4.69, 9.17) is 5.11 Å². The van der Waals surface area contributed by atoms with Crippen LogP contribution in [0, 0.1) is 6.92 Å². The van der Waals surface area contributed by atoms with E-state index >= 15 is 0 Å². The minimum Gasteiger partial charge on any atom is -0.396 e. The number of rotatable bonds is 6. The van der Waals surface area contributed by atoms with Crippen LogP contribution in [0.15, 0.2) is 6.07 Å². The third-order valence-corrected chi connectivity index (χ3v) is 2.40. The van der Waals surface area contributed by atoms with Crippen LogP contribution in [0.5, 0.6) is 0 Å². The van der Waals surface area contributed by atoms with Crippen molar-refractivity contribution in [2.45, 2.75) is 39.7 Å². The second-order valence-corrected chi connectivity index (χ2v) is 4.70. The van der Waals surface area contributed by atoms with Gasteiger partial charge in [-0.2, -0.15) is 0 Å². The molecule has 0 saturated heterocycles. The smallest absolute Gasteiger partial charge is 0.132 e. The van der Waals surface area contributed by atoms with E-state index in [0.29, 0.717) is 6.42 Å². The van der Waals surface area contributed by atoms with Gasteiger partial charge in [0, 0.05) is 24.8 Å². The summed E-state index contributed by atoms with van der Waals surface area (Å²) in [4.78, 5) is 8.63. The number of nitrogens with one attached hydrogen (secondary N) is 2. The summed E-state index contributed by atoms with van der Waals surface area (Å²) in [5, 5.41) is 15.5. The van der Waals surface area contributed by atoms with Crippen molar-refractivity contribution < 1.29 is 5.11 Å². The van der Waals surface area contributed by atoms with Gasteiger partial charge < -0.3 is 15.7 Å². The normalized spacial score (nSPS) is 11.4. The van der Waals surface area contributed by atoms with Crippen molar-refractivity contribution in [2.75, 3.05) is 23.8 Å². The molecule has 1 aromatic rings. The van der Waals surface area contributed by atoms with Crippen molar-refractivity contribution in [3.05, 3.63) is 11.9 Å². The van der Waals surface area contributed by atoms with E-state index in [1.54, 1.807) is 0 Å². The average Bonchev–Trinajstić information content (AvgIpc) is 2.15. The molecule has 0 radical (unpaired) electrons. The van der Waals surface area contributed by atoms with E-state index in [1.807, 2.05) is 33.8 Å². The molecule has 0 unspecified atom stereocenters. The van der Waals surface area contributed by atoms with Gasteiger partial charge in [-0.25, -0.2) is 9.97 Å². The van der Waals surface area contributed by atoms with Crippen LogP contribution < -0.4 is 10.6 Å². The largest absolute Gasteiger partial charge is 0.396 e. The molecule has 17 heavy (non-hydrogen) atoms. The van der Waals surface area contributed by atoms with Gasteiger partial charge >= 0.3 is 0 Å². The molecule has 0 spiro atoms. The summed E-state index contributed by atoms with van der Waals surface area (Å²) < 4.78 is 0. The van der Waals surface area contributed by atoms with E-state index in [1.165, 1.54) is 0 Å². The summed E-state index contributed by atoms with van der Waals surface area (Å²) in [6.45, 7) is 8.95. The van der Waals surface area contributed by atoms with E-state index in [9.17, 15) is 0 Å². The van der Waals surface area contributed by atoms with Crippen molar-refractivity contribution in [1.82, 2.24) is 9.97 Å². The first-order chi connectivity index (χ1) is 7.96. The minimum absolute atomic E-state index is 0.157. The molecule has 5 heteroatoms. The first-order valence-electron chi connectivity index (χ1n) is 5.95. The van der Waals surface area contributed by atoms with Gasteiger partial charge in [0.1, 0.15) is 17.5 Å². The average molecular weight is 238 g/mol. The highest BCUT2D eigenvalue weighted by molar-refractivity contribution is 5.48. The van der Waals surface area contributed by atoms with Gasteiger partial charge in [-0.15, -0.1) is 0 Å². The third kappa shape index (κ3) is 4.56. The molecular formula is C12H22N4O. The molecule has 0 atom stereocenters. The van der Waals surface area contributed by atoms with Crippen LogP contribution in [0.2, 0.25) is 0 Å². The maximum absolute atomic E-state index is 8.99. The molecule has 0 aliphatic rings. The van der Waals surface area contributed by atoms with Gasteiger partial charge in [0.15, 0.2) is 0 Å². The van der Waals surface area contributed by atoms with Gasteiger partial charge in [-0.1, -0.05) is 0 Å². The summed E-state index contributed by atoms with van der Waals surface area (Å²) in [7, 11) is 0. The van der Waals surface area contributed by atoms with Crippen LogP contribution in [0.4, 0.5) is 11.6 Å². The molecule has 5 nitrogen and oxygen atoms in total. The summed E-state index contributed by atoms with van der Waals surface area (Å²) in [6, 6.07) is 1.88. The predicted octanol–water partition coefficient (Wildman–Crippen LogP) is 1.79. The lowest BCUT2D eigenvalue weighted by Crippen LogP contribution is -2.32. The number of aromatic nitrogens is 2. The molecule has 96 valence electrons. The minimum atomic E-state index is -0.182. The Hall–Kier alpha value is -1.36. The SMILES string of the molecule is CCNc1cc(NC(C)(C)CCO)nc(C)n1. The number of aliphatic hydroxyl groups is 1. The monoisotopic (exact) mass is 238 g/mol. The summed E-state index contributed by atoms with van der Waals surface area (Å²) in [5.41, 5.74) is -0.182. The van der Waals surface area contributed by atoms with Gasteiger partial charge in [0.2, 0.25) is 0 Å². The highest BCUT2D eigenvalue weighted by Crippen LogP contribution is 2.18. The van der Waals surface area contributed by atoms with Crippen molar-refractivity contribution in [3.8, 4) is 0 Å². The fraction of sp³-hybridized carbons (Fsp3) is 0.667. The lowest BCUT2D eigenvalue weighted by Gasteiger charge is -2.26. The van der Waals surface area contributed by atoms with E-state index < -0.39 is 0 Å². The molecule has 1 heterocycles. The Morgan fingerprint density at radius 2 is 1.94 bits per heavy atom. The van der Waals surface area contributed by atoms with E-state index in [-0.39, 0.29) is 12.1 Å². The van der Waals surface area contributed by atoms with Crippen molar-refractivity contribution in [2.24, 2.45) is 0 Å². The van der Waals surface area contributed by atoms with E-state index in [0.717, 1.165) is 24.0 Å². The number of aliphatic hydroxyl groups excluding tert-OH is 1. The van der Waals surface area contributed by atoms with Crippen LogP contribution in [0.3, 0.4) is 0 Å². The second kappa shape index (κ2) is 5.82. The molecule has 3 N–H and O–H groups in total. The first-order valence-corrected chi connectivity index (χ1v) is 5.95. The van der Waals surface area contributed by atoms with Gasteiger partial charge in [0.25, 0.3) is 0 Å². The molecule has 0 aliphatic heterocycles. The maximum Gasteiger partial charge on any atom is 0.132 e. The lowest BCUT2D eigenvalue weighted by atomic mass is 10.0. The Bertz CT molecular complexity index is 366. The molecule has 1 rings (SSSR count). The molecule has 0 bridgehead atoms. The number of nitrogens with zero attached hydrogens (tertiary/aromatic N) is 2. The molecule has 0 fully saturated rings. The number of hydrogen-bond donors (Lipinski definition) is 3. The summed E-state index contributed by atoms with van der Waals surface area (Å²) in [5.74, 6) is 2.33. The zero-order chi connectivity index (χ0) is 12.9. The number of anilines is 2. The fourth-order valence-electron chi connectivity index (χ4n) is 1.59. The van der Waals surface area contributed by atoms with Gasteiger partial charge in [-0.3, -0.25) is 0 Å². The van der Waals surface area contributed by atoms with E-state index in [2.05, 4.69) is 20.6 Å². The van der Waals surface area contributed by atoms with Crippen LogP contribution in [0.1, 0.15) is 33.0 Å². The molecule has 1 aromatic heterocycles. The standard InChI is InChI=1S/C12H22N4O/c1-5-13-10-8-11(15-9(2)14-10)16-12(3,4)6-7-17/h8,17H,5-7H2,1-4H3,(H2,13,14,15,16). The quantitative estimate of drug-likeness (QED) is 0.705. The Balaban J connectivity index is 2.83. The van der Waals surface area contributed by atoms with Crippen LogP contribution >= 0.6 is 0 Å². The predicted molar refractivity (Wildman–Crippen MR) is 70.3 cm³/mol. The van der Waals surface area contributed by atoms with Crippen LogP contribution in [0.25, 0.3) is 0 Å². The second-order valence-electron chi connectivity index (χ2n) is 4.70. The van der Waals surface area contributed by atoms with Gasteiger partial charge in [-0.05, 0) is 34.1 Å². The van der Waals surface area contributed by atoms with Crippen molar-refractivity contribution in [1.29, 1.82) is 0 Å². The van der Waals surface area contributed by atoms with Crippen LogP contribution in [-0.2, 0) is 0 Å². The van der Waals surface area contributed by atoms with Crippen molar-refractivity contribution >= 4 is 11.6 Å². The summed E-state index contributed by atoms with van der Waals surface area (Å²) in [6.07, 6.45) is 0.673. The molecule has 0 aliphatic carbocycles. The number of aryl methyl sites for hydroxylation is 1. The van der Waals surface area contributed by atoms with Crippen LogP contribution in [-0.4, -0.2) is 33.8 Å². The highest BCUT2D eigenvalue weighted by atomic mass is 16.3. The zero-order valence-corrected chi connectivity index (χ0v) is 11.0. The molecule has 0 amide bonds. The fourth-order valence-corrected chi connectivity index (χ4v) is 1.59. The third-order valence-electron chi connectivity index (χ3n) is 2.40. The number of hydrogen-bond acceptors (Lipinski definition) is 5. The zero-order valence-electron chi connectivity index (χ0n) is 11.0. The lowest BCUT2D eigenvalue weighted by molar-refractivity contribution is 0.260. The molecular weight excluding hydrogens is 216 g/mol. The Morgan fingerprint density at radius 1 is 1.29 bits per heavy atom. The molecule has 0 saturated carbocycles. The molecule has 0 aromatic carbocycles. The first kappa shape index (κ1) is 13.7. The Morgan fingerprint density at radius 3 is 2.53 bits per heavy atom. The summed E-state index contributed by atoms with van der Waals surface area (Å²) >= 11 is 0. The Labute approximate surface area is 103 Å². The maximum atomic E-state index is 8.99.